The maximum Gasteiger partial charge on any atom is 0.416 e. The fourth-order valence-corrected chi connectivity index (χ4v) is 2.24. The molecule has 21 heavy (non-hydrogen) atoms. The largest absolute Gasteiger partial charge is 0.481 e. The summed E-state index contributed by atoms with van der Waals surface area (Å²) >= 11 is 0.813. The second-order valence-electron chi connectivity index (χ2n) is 3.91. The second kappa shape index (κ2) is 5.64. The summed E-state index contributed by atoms with van der Waals surface area (Å²) < 4.78 is 39.3. The third-order valence-corrected chi connectivity index (χ3v) is 3.33. The highest BCUT2D eigenvalue weighted by atomic mass is 32.2. The highest BCUT2D eigenvalue weighted by Crippen LogP contribution is 2.31. The molecule has 0 spiro atoms. The standard InChI is InChI=1S/C11H9F3N4O2S/c12-11(13,14)6-2-1-3-7(4-6)18-9(15)16-17-10(18)21-5-8(19)20/h1-4H,5H2,(H2,15,16)(H,19,20). The number of halogens is 3. The fourth-order valence-electron chi connectivity index (χ4n) is 1.57. The van der Waals surface area contributed by atoms with Crippen LogP contribution in [0.5, 0.6) is 0 Å². The molecule has 0 fully saturated rings. The highest BCUT2D eigenvalue weighted by molar-refractivity contribution is 7.99. The van der Waals surface area contributed by atoms with Gasteiger partial charge in [0, 0.05) is 0 Å². The molecule has 1 heterocycles. The zero-order chi connectivity index (χ0) is 15.6. The van der Waals surface area contributed by atoms with Gasteiger partial charge < -0.3 is 10.8 Å². The summed E-state index contributed by atoms with van der Waals surface area (Å²) in [5, 5.41) is 16.0. The Morgan fingerprint density at radius 2 is 2.10 bits per heavy atom. The van der Waals surface area contributed by atoms with Gasteiger partial charge in [-0.25, -0.2) is 0 Å². The van der Waals surface area contributed by atoms with Crippen LogP contribution in [0, 0.1) is 0 Å². The van der Waals surface area contributed by atoms with Crippen molar-refractivity contribution in [3.05, 3.63) is 29.8 Å². The zero-order valence-electron chi connectivity index (χ0n) is 10.3. The number of nitrogen functional groups attached to an aromatic ring is 1. The maximum atomic E-state index is 12.7. The van der Waals surface area contributed by atoms with Crippen molar-refractivity contribution in [3.8, 4) is 5.69 Å². The van der Waals surface area contributed by atoms with E-state index in [1.54, 1.807) is 0 Å². The van der Waals surface area contributed by atoms with Crippen molar-refractivity contribution >= 4 is 23.7 Å². The number of nitrogens with two attached hydrogens (primary N) is 1. The van der Waals surface area contributed by atoms with Crippen LogP contribution >= 0.6 is 11.8 Å². The number of aromatic nitrogens is 3. The summed E-state index contributed by atoms with van der Waals surface area (Å²) in [6.07, 6.45) is -4.49. The molecule has 6 nitrogen and oxygen atoms in total. The predicted octanol–water partition coefficient (Wildman–Crippen LogP) is 2.04. The Morgan fingerprint density at radius 1 is 1.38 bits per heavy atom. The van der Waals surface area contributed by atoms with Crippen molar-refractivity contribution in [3.63, 3.8) is 0 Å². The zero-order valence-corrected chi connectivity index (χ0v) is 11.1. The van der Waals surface area contributed by atoms with E-state index in [9.17, 15) is 18.0 Å². The molecule has 2 aromatic rings. The molecule has 0 saturated heterocycles. The first kappa shape index (κ1) is 15.2. The van der Waals surface area contributed by atoms with Crippen LogP contribution in [-0.4, -0.2) is 31.6 Å². The highest BCUT2D eigenvalue weighted by Gasteiger charge is 2.30. The Morgan fingerprint density at radius 3 is 2.71 bits per heavy atom. The Bertz CT molecular complexity index is 672. The fraction of sp³-hybridized carbons (Fsp3) is 0.182. The number of hydrogen-bond acceptors (Lipinski definition) is 5. The Labute approximate surface area is 120 Å². The van der Waals surface area contributed by atoms with Gasteiger partial charge in [-0.1, -0.05) is 17.8 Å². The number of rotatable bonds is 4. The van der Waals surface area contributed by atoms with Crippen molar-refractivity contribution in [1.82, 2.24) is 14.8 Å². The number of hydrogen-bond donors (Lipinski definition) is 2. The maximum absolute atomic E-state index is 12.7. The Hall–Kier alpha value is -2.23. The topological polar surface area (TPSA) is 94.0 Å². The van der Waals surface area contributed by atoms with Crippen LogP contribution in [0.1, 0.15) is 5.56 Å². The average molecular weight is 318 g/mol. The van der Waals surface area contributed by atoms with Gasteiger partial charge in [0.2, 0.25) is 5.95 Å². The van der Waals surface area contributed by atoms with Gasteiger partial charge in [0.05, 0.1) is 17.0 Å². The molecule has 0 atom stereocenters. The Balaban J connectivity index is 2.42. The molecule has 2 rings (SSSR count). The van der Waals surface area contributed by atoms with Gasteiger partial charge in [-0.3, -0.25) is 9.36 Å². The summed E-state index contributed by atoms with van der Waals surface area (Å²) in [7, 11) is 0. The second-order valence-corrected chi connectivity index (χ2v) is 4.85. The lowest BCUT2D eigenvalue weighted by molar-refractivity contribution is -0.137. The minimum Gasteiger partial charge on any atom is -0.481 e. The molecule has 1 aromatic heterocycles. The van der Waals surface area contributed by atoms with E-state index in [0.29, 0.717) is 0 Å². The van der Waals surface area contributed by atoms with Gasteiger partial charge in [0.25, 0.3) is 0 Å². The molecule has 0 aliphatic carbocycles. The van der Waals surface area contributed by atoms with E-state index < -0.39 is 17.7 Å². The van der Waals surface area contributed by atoms with Crippen LogP contribution in [0.2, 0.25) is 0 Å². The monoisotopic (exact) mass is 318 g/mol. The minimum atomic E-state index is -4.49. The van der Waals surface area contributed by atoms with Gasteiger partial charge in [0.15, 0.2) is 5.16 Å². The normalized spacial score (nSPS) is 11.6. The van der Waals surface area contributed by atoms with Crippen LogP contribution in [-0.2, 0) is 11.0 Å². The molecule has 0 unspecified atom stereocenters. The summed E-state index contributed by atoms with van der Waals surface area (Å²) in [5.41, 5.74) is 4.85. The number of carboxylic acid groups (broad SMARTS) is 1. The third kappa shape index (κ3) is 3.45. The molecular weight excluding hydrogens is 309 g/mol. The summed E-state index contributed by atoms with van der Waals surface area (Å²) in [6.45, 7) is 0. The van der Waals surface area contributed by atoms with E-state index in [4.69, 9.17) is 10.8 Å². The molecular formula is C11H9F3N4O2S. The van der Waals surface area contributed by atoms with Gasteiger partial charge in [0.1, 0.15) is 0 Å². The van der Waals surface area contributed by atoms with Crippen LogP contribution in [0.4, 0.5) is 19.1 Å². The van der Waals surface area contributed by atoms with Gasteiger partial charge in [-0.2, -0.15) is 13.2 Å². The first-order valence-electron chi connectivity index (χ1n) is 5.52. The molecule has 0 amide bonds. The molecule has 112 valence electrons. The number of thioether (sulfide) groups is 1. The first-order chi connectivity index (χ1) is 9.79. The molecule has 0 aliphatic heterocycles. The lowest BCUT2D eigenvalue weighted by Gasteiger charge is -2.11. The lowest BCUT2D eigenvalue weighted by atomic mass is 10.2. The van der Waals surface area contributed by atoms with E-state index in [1.165, 1.54) is 16.7 Å². The van der Waals surface area contributed by atoms with Crippen LogP contribution in [0.3, 0.4) is 0 Å². The van der Waals surface area contributed by atoms with Crippen molar-refractivity contribution in [2.75, 3.05) is 11.5 Å². The summed E-state index contributed by atoms with van der Waals surface area (Å²) in [6, 6.07) is 4.45. The number of carboxylic acids is 1. The smallest absolute Gasteiger partial charge is 0.416 e. The van der Waals surface area contributed by atoms with Crippen molar-refractivity contribution in [2.24, 2.45) is 0 Å². The number of carbonyl (C=O) groups is 1. The van der Waals surface area contributed by atoms with Gasteiger partial charge in [-0.05, 0) is 18.2 Å². The number of alkyl halides is 3. The molecule has 0 bridgehead atoms. The van der Waals surface area contributed by atoms with Gasteiger partial charge in [-0.15, -0.1) is 10.2 Å². The molecule has 1 aromatic carbocycles. The Kier molecular flexibility index (Phi) is 4.07. The number of aliphatic carboxylic acids is 1. The lowest BCUT2D eigenvalue weighted by Crippen LogP contribution is -2.08. The quantitative estimate of drug-likeness (QED) is 0.838. The van der Waals surface area contributed by atoms with E-state index in [1.807, 2.05) is 0 Å². The minimum absolute atomic E-state index is 0.106. The summed E-state index contributed by atoms with van der Waals surface area (Å²) in [5.74, 6) is -1.52. The van der Waals surface area contributed by atoms with Crippen LogP contribution in [0.25, 0.3) is 5.69 Å². The van der Waals surface area contributed by atoms with Crippen molar-refractivity contribution in [2.45, 2.75) is 11.3 Å². The van der Waals surface area contributed by atoms with E-state index in [-0.39, 0.29) is 22.5 Å². The molecule has 0 saturated carbocycles. The van der Waals surface area contributed by atoms with Crippen LogP contribution in [0.15, 0.2) is 29.4 Å². The molecule has 0 aliphatic rings. The first-order valence-corrected chi connectivity index (χ1v) is 6.50. The van der Waals surface area contributed by atoms with E-state index in [2.05, 4.69) is 10.2 Å². The number of benzene rings is 1. The van der Waals surface area contributed by atoms with Gasteiger partial charge >= 0.3 is 12.1 Å². The van der Waals surface area contributed by atoms with Crippen molar-refractivity contribution < 1.29 is 23.1 Å². The SMILES string of the molecule is Nc1nnc(SCC(=O)O)n1-c1cccc(C(F)(F)F)c1. The van der Waals surface area contributed by atoms with Crippen molar-refractivity contribution in [1.29, 1.82) is 0 Å². The number of anilines is 1. The average Bonchev–Trinajstić information content (AvgIpc) is 2.76. The third-order valence-electron chi connectivity index (χ3n) is 2.41. The van der Waals surface area contributed by atoms with E-state index in [0.717, 1.165) is 23.9 Å². The molecule has 10 heteroatoms. The van der Waals surface area contributed by atoms with E-state index >= 15 is 0 Å². The number of nitrogens with zero attached hydrogens (tertiary/aromatic N) is 3. The molecule has 3 N–H and O–H groups in total. The summed E-state index contributed by atoms with van der Waals surface area (Å²) in [4.78, 5) is 10.6. The molecule has 0 radical (unpaired) electrons. The predicted molar refractivity (Wildman–Crippen MR) is 69.1 cm³/mol. The van der Waals surface area contributed by atoms with Crippen LogP contribution < -0.4 is 5.73 Å².